The Morgan fingerprint density at radius 2 is 2.24 bits per heavy atom. The van der Waals surface area contributed by atoms with Crippen molar-refractivity contribution < 1.29 is 19.1 Å². The molecule has 0 aromatic carbocycles. The number of pyridine rings is 1. The lowest BCUT2D eigenvalue weighted by Gasteiger charge is -2.21. The summed E-state index contributed by atoms with van der Waals surface area (Å²) in [5, 5.41) is 9.03. The van der Waals surface area contributed by atoms with Crippen LogP contribution in [0.15, 0.2) is 17.1 Å². The van der Waals surface area contributed by atoms with Crippen molar-refractivity contribution in [3.05, 3.63) is 34.0 Å². The van der Waals surface area contributed by atoms with Gasteiger partial charge in [-0.3, -0.25) is 14.4 Å². The summed E-state index contributed by atoms with van der Waals surface area (Å²) in [5.41, 5.74) is 0.479. The van der Waals surface area contributed by atoms with E-state index in [2.05, 4.69) is 5.48 Å². The van der Waals surface area contributed by atoms with Crippen LogP contribution >= 0.6 is 0 Å². The molecule has 2 rings (SSSR count). The summed E-state index contributed by atoms with van der Waals surface area (Å²) < 4.78 is 14.8. The molecule has 1 heterocycles. The lowest BCUT2D eigenvalue weighted by Crippen LogP contribution is -2.39. The number of nitrogens with zero attached hydrogens (tertiary/aromatic N) is 1. The predicted molar refractivity (Wildman–Crippen MR) is 73.1 cm³/mol. The number of hydroxylamine groups is 1. The van der Waals surface area contributed by atoms with Gasteiger partial charge in [0.2, 0.25) is 0 Å². The molecule has 7 heteroatoms. The number of amides is 1. The first-order chi connectivity index (χ1) is 9.82. The third-order valence-corrected chi connectivity index (χ3v) is 3.26. The molecular weight excluding hydrogens is 279 g/mol. The first-order valence-corrected chi connectivity index (χ1v) is 6.81. The minimum Gasteiger partial charge on any atom is -0.393 e. The van der Waals surface area contributed by atoms with Gasteiger partial charge in [-0.1, -0.05) is 0 Å². The first kappa shape index (κ1) is 15.7. The molecule has 0 atom stereocenters. The zero-order valence-corrected chi connectivity index (χ0v) is 12.1. The topological polar surface area (TPSA) is 80.6 Å². The monoisotopic (exact) mass is 298 g/mol. The summed E-state index contributed by atoms with van der Waals surface area (Å²) in [6, 6.07) is 0.885. The number of rotatable bonds is 6. The molecule has 1 aliphatic carbocycles. The molecule has 0 saturated heterocycles. The molecular formula is C14H19FN2O4. The summed E-state index contributed by atoms with van der Waals surface area (Å²) in [6.45, 7) is 3.30. The molecule has 1 saturated carbocycles. The highest BCUT2D eigenvalue weighted by Crippen LogP contribution is 2.30. The van der Waals surface area contributed by atoms with E-state index in [4.69, 9.17) is 9.94 Å². The normalized spacial score (nSPS) is 15.0. The van der Waals surface area contributed by atoms with E-state index in [1.54, 1.807) is 13.8 Å². The van der Waals surface area contributed by atoms with E-state index in [1.807, 2.05) is 0 Å². The molecule has 116 valence electrons. The van der Waals surface area contributed by atoms with E-state index in [9.17, 15) is 14.0 Å². The van der Waals surface area contributed by atoms with Gasteiger partial charge in [-0.2, -0.15) is 0 Å². The maximum atomic E-state index is 13.6. The van der Waals surface area contributed by atoms with Crippen molar-refractivity contribution in [1.82, 2.24) is 10.0 Å². The molecule has 1 aromatic rings. The number of aromatic nitrogens is 1. The number of halogens is 1. The maximum absolute atomic E-state index is 13.6. The van der Waals surface area contributed by atoms with E-state index in [1.165, 1.54) is 10.8 Å². The highest BCUT2D eigenvalue weighted by molar-refractivity contribution is 5.93. The highest BCUT2D eigenvalue weighted by atomic mass is 19.1. The van der Waals surface area contributed by atoms with Crippen molar-refractivity contribution >= 4 is 5.91 Å². The van der Waals surface area contributed by atoms with Gasteiger partial charge >= 0.3 is 0 Å². The van der Waals surface area contributed by atoms with Crippen LogP contribution in [0.25, 0.3) is 0 Å². The van der Waals surface area contributed by atoms with Gasteiger partial charge in [-0.25, -0.2) is 9.87 Å². The van der Waals surface area contributed by atoms with Gasteiger partial charge in [-0.05, 0) is 38.7 Å². The van der Waals surface area contributed by atoms with Gasteiger partial charge in [0.1, 0.15) is 5.60 Å². The molecule has 1 fully saturated rings. The Morgan fingerprint density at radius 1 is 1.57 bits per heavy atom. The third-order valence-electron chi connectivity index (χ3n) is 3.26. The molecule has 1 aromatic heterocycles. The van der Waals surface area contributed by atoms with Gasteiger partial charge in [0.15, 0.2) is 5.82 Å². The third kappa shape index (κ3) is 4.12. The van der Waals surface area contributed by atoms with E-state index in [0.29, 0.717) is 12.5 Å². The van der Waals surface area contributed by atoms with Crippen molar-refractivity contribution in [2.24, 2.45) is 5.92 Å². The molecule has 0 spiro atoms. The molecule has 0 unspecified atom stereocenters. The minimum absolute atomic E-state index is 0.00138. The van der Waals surface area contributed by atoms with E-state index in [0.717, 1.165) is 18.9 Å². The van der Waals surface area contributed by atoms with Crippen LogP contribution in [0.2, 0.25) is 0 Å². The summed E-state index contributed by atoms with van der Waals surface area (Å²) >= 11 is 0. The second kappa shape index (κ2) is 5.95. The zero-order valence-electron chi connectivity index (χ0n) is 12.1. The largest absolute Gasteiger partial charge is 0.393 e. The van der Waals surface area contributed by atoms with E-state index < -0.39 is 22.9 Å². The van der Waals surface area contributed by atoms with Crippen molar-refractivity contribution in [1.29, 1.82) is 0 Å². The van der Waals surface area contributed by atoms with Crippen molar-refractivity contribution in [3.8, 4) is 0 Å². The second-order valence-corrected chi connectivity index (χ2v) is 5.93. The molecule has 0 bridgehead atoms. The molecule has 21 heavy (non-hydrogen) atoms. The number of carbonyl (C=O) groups is 1. The summed E-state index contributed by atoms with van der Waals surface area (Å²) in [5.74, 6) is -1.25. The minimum atomic E-state index is -0.968. The average Bonchev–Trinajstić information content (AvgIpc) is 3.25. The van der Waals surface area contributed by atoms with Gasteiger partial charge in [0.05, 0.1) is 12.2 Å². The van der Waals surface area contributed by atoms with E-state index >= 15 is 0 Å². The number of aliphatic hydroxyl groups is 1. The number of hydrogen-bond donors (Lipinski definition) is 2. The quantitative estimate of drug-likeness (QED) is 0.762. The maximum Gasteiger partial charge on any atom is 0.286 e. The smallest absolute Gasteiger partial charge is 0.286 e. The fourth-order valence-corrected chi connectivity index (χ4v) is 1.71. The van der Waals surface area contributed by atoms with Crippen LogP contribution in [0.5, 0.6) is 0 Å². The molecule has 1 amide bonds. The number of hydrogen-bond acceptors (Lipinski definition) is 4. The van der Waals surface area contributed by atoms with Crippen molar-refractivity contribution in [2.45, 2.75) is 38.8 Å². The van der Waals surface area contributed by atoms with Crippen molar-refractivity contribution in [3.63, 3.8) is 0 Å². The van der Waals surface area contributed by atoms with E-state index in [-0.39, 0.29) is 12.2 Å². The van der Waals surface area contributed by atoms with Crippen LogP contribution in [0.4, 0.5) is 4.39 Å². The van der Waals surface area contributed by atoms with Gasteiger partial charge in [-0.15, -0.1) is 0 Å². The summed E-state index contributed by atoms with van der Waals surface area (Å²) in [4.78, 5) is 28.6. The fourth-order valence-electron chi connectivity index (χ4n) is 1.71. The van der Waals surface area contributed by atoms with Gasteiger partial charge in [0, 0.05) is 12.7 Å². The average molecular weight is 298 g/mol. The Bertz CT molecular complexity index is 593. The molecule has 1 aliphatic rings. The molecule has 0 radical (unpaired) electrons. The Hall–Kier alpha value is -1.73. The van der Waals surface area contributed by atoms with Crippen LogP contribution in [-0.2, 0) is 11.4 Å². The number of aliphatic hydroxyl groups excluding tert-OH is 1. The van der Waals surface area contributed by atoms with Gasteiger partial charge in [0.25, 0.3) is 11.5 Å². The standard InChI is InChI=1S/C14H19FN2O4/c1-14(2,8-18)21-16-12(19)10-5-11(15)13(20)17(7-10)6-9-3-4-9/h5,7,9,18H,3-4,6,8H2,1-2H3,(H,16,19). The highest BCUT2D eigenvalue weighted by Gasteiger charge is 2.24. The Labute approximate surface area is 121 Å². The lowest BCUT2D eigenvalue weighted by molar-refractivity contribution is -0.0956. The predicted octanol–water partition coefficient (Wildman–Crippen LogP) is 0.830. The second-order valence-electron chi connectivity index (χ2n) is 5.93. The van der Waals surface area contributed by atoms with Crippen LogP contribution in [0.1, 0.15) is 37.0 Å². The lowest BCUT2D eigenvalue weighted by atomic mass is 10.2. The summed E-state index contributed by atoms with van der Waals surface area (Å²) in [6.07, 6.45) is 3.35. The Kier molecular flexibility index (Phi) is 4.43. The van der Waals surface area contributed by atoms with Crippen LogP contribution in [-0.4, -0.2) is 27.8 Å². The zero-order chi connectivity index (χ0) is 15.6. The Morgan fingerprint density at radius 3 is 2.81 bits per heavy atom. The number of carbonyl (C=O) groups excluding carboxylic acids is 1. The fraction of sp³-hybridized carbons (Fsp3) is 0.571. The van der Waals surface area contributed by atoms with Crippen LogP contribution < -0.4 is 11.0 Å². The van der Waals surface area contributed by atoms with Crippen LogP contribution in [0.3, 0.4) is 0 Å². The van der Waals surface area contributed by atoms with Gasteiger partial charge < -0.3 is 9.67 Å². The molecule has 0 aliphatic heterocycles. The van der Waals surface area contributed by atoms with Crippen LogP contribution in [0, 0.1) is 11.7 Å². The summed E-state index contributed by atoms with van der Waals surface area (Å²) in [7, 11) is 0. The Balaban J connectivity index is 2.13. The molecule has 6 nitrogen and oxygen atoms in total. The number of nitrogens with one attached hydrogen (secondary N) is 1. The SMILES string of the molecule is CC(C)(CO)ONC(=O)c1cc(F)c(=O)n(CC2CC2)c1. The first-order valence-electron chi connectivity index (χ1n) is 6.81. The van der Waals surface area contributed by atoms with Crippen molar-refractivity contribution in [2.75, 3.05) is 6.61 Å². The molecule has 2 N–H and O–H groups in total.